The fourth-order valence-electron chi connectivity index (χ4n) is 2.08. The minimum Gasteiger partial charge on any atom is -0.307 e. The molecule has 0 spiro atoms. The van der Waals surface area contributed by atoms with Gasteiger partial charge in [-0.05, 0) is 19.1 Å². The number of nitrogens with zero attached hydrogens (tertiary/aromatic N) is 2. The first kappa shape index (κ1) is 11.6. The molecule has 0 saturated carbocycles. The van der Waals surface area contributed by atoms with Crippen LogP contribution in [-0.4, -0.2) is 28.4 Å². The molecular weight excluding hydrogens is 247 g/mol. The van der Waals surface area contributed by atoms with E-state index < -0.39 is 0 Å². The van der Waals surface area contributed by atoms with Gasteiger partial charge < -0.3 is 5.32 Å². The van der Waals surface area contributed by atoms with E-state index in [2.05, 4.69) is 20.5 Å². The fraction of sp³-hybridized carbons (Fsp3) is 0.154. The van der Waals surface area contributed by atoms with E-state index in [9.17, 15) is 9.18 Å². The third-order valence-corrected chi connectivity index (χ3v) is 2.95. The van der Waals surface area contributed by atoms with Gasteiger partial charge in [-0.1, -0.05) is 12.1 Å². The van der Waals surface area contributed by atoms with Crippen molar-refractivity contribution in [3.05, 3.63) is 46.9 Å². The molecule has 0 fully saturated rings. The standard InChI is InChI=1S/C13H11FN4O/c1-7-11-12(8-4-2-3-5-9(8)14)15-6-10(19)16-13(11)18-17-7/h2-5H,6H2,1H3,(H2,16,17,18,19). The Balaban J connectivity index is 2.23. The predicted octanol–water partition coefficient (Wildman–Crippen LogP) is 1.65. The Morgan fingerprint density at radius 1 is 1.32 bits per heavy atom. The van der Waals surface area contributed by atoms with Gasteiger partial charge >= 0.3 is 0 Å². The van der Waals surface area contributed by atoms with Gasteiger partial charge in [0, 0.05) is 11.3 Å². The van der Waals surface area contributed by atoms with Gasteiger partial charge in [0.25, 0.3) is 0 Å². The average molecular weight is 258 g/mol. The number of H-pyrrole nitrogens is 1. The number of aromatic amines is 1. The largest absolute Gasteiger partial charge is 0.307 e. The molecule has 1 aromatic carbocycles. The number of nitrogens with one attached hydrogen (secondary N) is 2. The second-order valence-electron chi connectivity index (χ2n) is 4.27. The molecule has 1 amide bonds. The summed E-state index contributed by atoms with van der Waals surface area (Å²) in [5.74, 6) is -0.247. The van der Waals surface area contributed by atoms with Crippen molar-refractivity contribution in [1.82, 2.24) is 10.2 Å². The zero-order valence-corrected chi connectivity index (χ0v) is 10.2. The van der Waals surface area contributed by atoms with Gasteiger partial charge in [0.05, 0.1) is 11.3 Å². The van der Waals surface area contributed by atoms with E-state index in [1.165, 1.54) is 6.07 Å². The maximum atomic E-state index is 13.9. The molecule has 2 aromatic rings. The van der Waals surface area contributed by atoms with E-state index >= 15 is 0 Å². The first-order valence-electron chi connectivity index (χ1n) is 5.81. The Morgan fingerprint density at radius 2 is 2.11 bits per heavy atom. The van der Waals surface area contributed by atoms with Crippen LogP contribution in [0.3, 0.4) is 0 Å². The molecule has 0 radical (unpaired) electrons. The molecule has 1 aliphatic rings. The number of fused-ring (bicyclic) bond motifs is 1. The van der Waals surface area contributed by atoms with Crippen LogP contribution < -0.4 is 5.32 Å². The Labute approximate surface area is 108 Å². The summed E-state index contributed by atoms with van der Waals surface area (Å²) in [6, 6.07) is 6.35. The van der Waals surface area contributed by atoms with Crippen LogP contribution in [0.4, 0.5) is 10.2 Å². The summed E-state index contributed by atoms with van der Waals surface area (Å²) in [4.78, 5) is 15.8. The van der Waals surface area contributed by atoms with Crippen molar-refractivity contribution in [1.29, 1.82) is 0 Å². The van der Waals surface area contributed by atoms with E-state index in [4.69, 9.17) is 0 Å². The summed E-state index contributed by atoms with van der Waals surface area (Å²) < 4.78 is 13.9. The summed E-state index contributed by atoms with van der Waals surface area (Å²) in [6.45, 7) is 1.76. The van der Waals surface area contributed by atoms with Gasteiger partial charge in [-0.2, -0.15) is 5.10 Å². The lowest BCUT2D eigenvalue weighted by Crippen LogP contribution is -2.13. The van der Waals surface area contributed by atoms with Crippen LogP contribution in [0.1, 0.15) is 16.8 Å². The summed E-state index contributed by atoms with van der Waals surface area (Å²) in [6.07, 6.45) is 0. The SMILES string of the molecule is Cc1[nH]nc2c1C(c1ccccc1F)=NCC(=O)N2. The number of halogens is 1. The van der Waals surface area contributed by atoms with Crippen LogP contribution in [0.15, 0.2) is 29.3 Å². The van der Waals surface area contributed by atoms with Gasteiger partial charge in [-0.25, -0.2) is 4.39 Å². The number of amides is 1. The number of carbonyl (C=O) groups is 1. The van der Waals surface area contributed by atoms with Crippen LogP contribution in [0.2, 0.25) is 0 Å². The van der Waals surface area contributed by atoms with Gasteiger partial charge in [0.1, 0.15) is 12.4 Å². The smallest absolute Gasteiger partial charge is 0.247 e. The maximum Gasteiger partial charge on any atom is 0.247 e. The Bertz CT molecular complexity index is 690. The molecule has 19 heavy (non-hydrogen) atoms. The van der Waals surface area contributed by atoms with E-state index in [1.807, 2.05) is 0 Å². The van der Waals surface area contributed by atoms with Crippen LogP contribution >= 0.6 is 0 Å². The van der Waals surface area contributed by atoms with Crippen molar-refractivity contribution < 1.29 is 9.18 Å². The monoisotopic (exact) mass is 258 g/mol. The fourth-order valence-corrected chi connectivity index (χ4v) is 2.08. The van der Waals surface area contributed by atoms with Crippen molar-refractivity contribution in [3.63, 3.8) is 0 Å². The first-order valence-corrected chi connectivity index (χ1v) is 5.81. The number of carbonyl (C=O) groups excluding carboxylic acids is 1. The minimum absolute atomic E-state index is 0.0422. The molecule has 96 valence electrons. The van der Waals surface area contributed by atoms with Crippen molar-refractivity contribution in [3.8, 4) is 0 Å². The van der Waals surface area contributed by atoms with Crippen LogP contribution in [-0.2, 0) is 4.79 Å². The number of aryl methyl sites for hydroxylation is 1. The van der Waals surface area contributed by atoms with Crippen LogP contribution in [0.5, 0.6) is 0 Å². The average Bonchev–Trinajstić information content (AvgIpc) is 2.65. The molecular formula is C13H11FN4O. The highest BCUT2D eigenvalue weighted by Gasteiger charge is 2.24. The Morgan fingerprint density at radius 3 is 2.89 bits per heavy atom. The lowest BCUT2D eigenvalue weighted by molar-refractivity contribution is -0.114. The summed E-state index contributed by atoms with van der Waals surface area (Å²) in [5, 5.41) is 9.43. The number of anilines is 1. The zero-order chi connectivity index (χ0) is 13.4. The molecule has 0 bridgehead atoms. The highest BCUT2D eigenvalue weighted by Crippen LogP contribution is 2.24. The van der Waals surface area contributed by atoms with Gasteiger partial charge in [0.2, 0.25) is 5.91 Å². The normalized spacial score (nSPS) is 14.4. The van der Waals surface area contributed by atoms with Gasteiger partial charge in [0.15, 0.2) is 5.82 Å². The molecule has 0 saturated heterocycles. The molecule has 2 heterocycles. The van der Waals surface area contributed by atoms with Crippen molar-refractivity contribution in [2.45, 2.75) is 6.92 Å². The van der Waals surface area contributed by atoms with Gasteiger partial charge in [-0.15, -0.1) is 0 Å². The first-order chi connectivity index (χ1) is 9.16. The Kier molecular flexibility index (Phi) is 2.63. The van der Waals surface area contributed by atoms with Crippen molar-refractivity contribution >= 4 is 17.4 Å². The summed E-state index contributed by atoms with van der Waals surface area (Å²) >= 11 is 0. The third-order valence-electron chi connectivity index (χ3n) is 2.95. The highest BCUT2D eigenvalue weighted by molar-refractivity contribution is 6.19. The van der Waals surface area contributed by atoms with E-state index in [1.54, 1.807) is 25.1 Å². The lowest BCUT2D eigenvalue weighted by atomic mass is 10.0. The quantitative estimate of drug-likeness (QED) is 0.816. The molecule has 5 nitrogen and oxygen atoms in total. The molecule has 6 heteroatoms. The number of aliphatic imine (C=N–C) groups is 1. The summed E-state index contributed by atoms with van der Waals surface area (Å²) in [5.41, 5.74) is 2.18. The van der Waals surface area contributed by atoms with Crippen molar-refractivity contribution in [2.24, 2.45) is 4.99 Å². The molecule has 0 aliphatic carbocycles. The lowest BCUT2D eigenvalue weighted by Gasteiger charge is -2.06. The van der Waals surface area contributed by atoms with Crippen molar-refractivity contribution in [2.75, 3.05) is 11.9 Å². The van der Waals surface area contributed by atoms with Crippen LogP contribution in [0, 0.1) is 12.7 Å². The van der Waals surface area contributed by atoms with E-state index in [0.29, 0.717) is 22.7 Å². The summed E-state index contributed by atoms with van der Waals surface area (Å²) in [7, 11) is 0. The molecule has 2 N–H and O–H groups in total. The predicted molar refractivity (Wildman–Crippen MR) is 68.9 cm³/mol. The molecule has 1 aromatic heterocycles. The Hall–Kier alpha value is -2.50. The molecule has 1 aliphatic heterocycles. The zero-order valence-electron chi connectivity index (χ0n) is 10.2. The number of hydrogen-bond acceptors (Lipinski definition) is 3. The van der Waals surface area contributed by atoms with Crippen LogP contribution in [0.25, 0.3) is 0 Å². The highest BCUT2D eigenvalue weighted by atomic mass is 19.1. The molecule has 0 unspecified atom stereocenters. The molecule has 0 atom stereocenters. The second-order valence-corrected chi connectivity index (χ2v) is 4.27. The number of hydrogen-bond donors (Lipinski definition) is 2. The third kappa shape index (κ3) is 1.91. The number of aromatic nitrogens is 2. The maximum absolute atomic E-state index is 13.9. The topological polar surface area (TPSA) is 70.1 Å². The number of rotatable bonds is 1. The number of benzene rings is 1. The minimum atomic E-state index is -0.373. The van der Waals surface area contributed by atoms with E-state index in [-0.39, 0.29) is 18.3 Å². The molecule has 3 rings (SSSR count). The van der Waals surface area contributed by atoms with Gasteiger partial charge in [-0.3, -0.25) is 14.9 Å². The second kappa shape index (κ2) is 4.31. The van der Waals surface area contributed by atoms with E-state index in [0.717, 1.165) is 5.69 Å².